The fourth-order valence-corrected chi connectivity index (χ4v) is 2.97. The molecular weight excluding hydrogens is 264 g/mol. The molecule has 0 saturated carbocycles. The second kappa shape index (κ2) is 5.79. The summed E-state index contributed by atoms with van der Waals surface area (Å²) in [5.74, 6) is 0. The van der Waals surface area contributed by atoms with E-state index in [0.717, 1.165) is 21.6 Å². The molecule has 3 heteroatoms. The standard InChI is InChI=1S/C15H15ClOS/c1-10(17)12-8-9-13(18-2)15(16)14(12)11-6-4-3-5-7-11/h3-10,17H,1-2H3. The molecule has 1 N–H and O–H groups in total. The molecule has 18 heavy (non-hydrogen) atoms. The molecule has 0 aliphatic carbocycles. The topological polar surface area (TPSA) is 20.2 Å². The molecule has 1 unspecified atom stereocenters. The van der Waals surface area contributed by atoms with Gasteiger partial charge in [-0.25, -0.2) is 0 Å². The van der Waals surface area contributed by atoms with Crippen LogP contribution >= 0.6 is 23.4 Å². The molecular formula is C15H15ClOS. The number of hydrogen-bond donors (Lipinski definition) is 1. The van der Waals surface area contributed by atoms with Crippen LogP contribution in [0.15, 0.2) is 47.4 Å². The first-order valence-electron chi connectivity index (χ1n) is 5.75. The smallest absolute Gasteiger partial charge is 0.0768 e. The molecule has 0 fully saturated rings. The Morgan fingerprint density at radius 1 is 1.11 bits per heavy atom. The van der Waals surface area contributed by atoms with Gasteiger partial charge in [-0.1, -0.05) is 48.0 Å². The van der Waals surface area contributed by atoms with Crippen molar-refractivity contribution in [1.82, 2.24) is 0 Å². The van der Waals surface area contributed by atoms with Crippen molar-refractivity contribution in [3.8, 4) is 11.1 Å². The Kier molecular flexibility index (Phi) is 4.33. The SMILES string of the molecule is CSc1ccc(C(C)O)c(-c2ccccc2)c1Cl. The number of halogens is 1. The second-order valence-electron chi connectivity index (χ2n) is 4.09. The highest BCUT2D eigenvalue weighted by Crippen LogP contribution is 2.39. The molecule has 0 aliphatic heterocycles. The van der Waals surface area contributed by atoms with Gasteiger partial charge in [0.05, 0.1) is 11.1 Å². The summed E-state index contributed by atoms with van der Waals surface area (Å²) in [6, 6.07) is 13.9. The Hall–Kier alpha value is -0.960. The van der Waals surface area contributed by atoms with Crippen LogP contribution < -0.4 is 0 Å². The fourth-order valence-electron chi connectivity index (χ4n) is 1.98. The van der Waals surface area contributed by atoms with Crippen molar-refractivity contribution in [2.75, 3.05) is 6.26 Å². The Bertz CT molecular complexity index is 538. The maximum atomic E-state index is 9.89. The van der Waals surface area contributed by atoms with Crippen LogP contribution in [0, 0.1) is 0 Å². The molecule has 0 radical (unpaired) electrons. The van der Waals surface area contributed by atoms with Crippen molar-refractivity contribution in [2.45, 2.75) is 17.9 Å². The molecule has 1 atom stereocenters. The van der Waals surface area contributed by atoms with E-state index < -0.39 is 6.10 Å². The van der Waals surface area contributed by atoms with E-state index in [2.05, 4.69) is 0 Å². The monoisotopic (exact) mass is 278 g/mol. The quantitative estimate of drug-likeness (QED) is 0.815. The highest BCUT2D eigenvalue weighted by molar-refractivity contribution is 7.98. The molecule has 2 rings (SSSR count). The van der Waals surface area contributed by atoms with Gasteiger partial charge in [-0.2, -0.15) is 0 Å². The van der Waals surface area contributed by atoms with E-state index in [1.54, 1.807) is 18.7 Å². The van der Waals surface area contributed by atoms with E-state index in [1.165, 1.54) is 0 Å². The number of thioether (sulfide) groups is 1. The van der Waals surface area contributed by atoms with Crippen molar-refractivity contribution < 1.29 is 5.11 Å². The fraction of sp³-hybridized carbons (Fsp3) is 0.200. The van der Waals surface area contributed by atoms with E-state index in [0.29, 0.717) is 5.02 Å². The lowest BCUT2D eigenvalue weighted by Crippen LogP contribution is -1.97. The van der Waals surface area contributed by atoms with Crippen molar-refractivity contribution in [2.24, 2.45) is 0 Å². The predicted molar refractivity (Wildman–Crippen MR) is 79.3 cm³/mol. The van der Waals surface area contributed by atoms with Crippen LogP contribution in [0.5, 0.6) is 0 Å². The molecule has 94 valence electrons. The molecule has 1 nitrogen and oxygen atoms in total. The molecule has 0 aliphatic rings. The van der Waals surface area contributed by atoms with Crippen LogP contribution in [-0.2, 0) is 0 Å². The third-order valence-corrected chi connectivity index (χ3v) is 4.16. The van der Waals surface area contributed by atoms with Crippen molar-refractivity contribution in [3.63, 3.8) is 0 Å². The van der Waals surface area contributed by atoms with Crippen LogP contribution in [0.1, 0.15) is 18.6 Å². The lowest BCUT2D eigenvalue weighted by molar-refractivity contribution is 0.200. The van der Waals surface area contributed by atoms with Crippen LogP contribution in [0.2, 0.25) is 5.02 Å². The number of aliphatic hydroxyl groups excluding tert-OH is 1. The van der Waals surface area contributed by atoms with Crippen molar-refractivity contribution >= 4 is 23.4 Å². The lowest BCUT2D eigenvalue weighted by Gasteiger charge is -2.16. The summed E-state index contributed by atoms with van der Waals surface area (Å²) in [5, 5.41) is 10.6. The summed E-state index contributed by atoms with van der Waals surface area (Å²) >= 11 is 8.07. The van der Waals surface area contributed by atoms with E-state index >= 15 is 0 Å². The Labute approximate surface area is 117 Å². The highest BCUT2D eigenvalue weighted by Gasteiger charge is 2.15. The molecule has 0 spiro atoms. The summed E-state index contributed by atoms with van der Waals surface area (Å²) in [4.78, 5) is 1.03. The molecule has 2 aromatic rings. The van der Waals surface area contributed by atoms with Gasteiger partial charge in [-0.15, -0.1) is 11.8 Å². The molecule has 2 aromatic carbocycles. The molecule has 0 saturated heterocycles. The van der Waals surface area contributed by atoms with E-state index in [-0.39, 0.29) is 0 Å². The van der Waals surface area contributed by atoms with E-state index in [1.807, 2.05) is 48.7 Å². The van der Waals surface area contributed by atoms with Gasteiger partial charge >= 0.3 is 0 Å². The van der Waals surface area contributed by atoms with Crippen LogP contribution in [0.25, 0.3) is 11.1 Å². The van der Waals surface area contributed by atoms with Gasteiger partial charge in [-0.3, -0.25) is 0 Å². The Balaban J connectivity index is 2.69. The average Bonchev–Trinajstić information content (AvgIpc) is 2.39. The van der Waals surface area contributed by atoms with Crippen molar-refractivity contribution in [3.05, 3.63) is 53.1 Å². The van der Waals surface area contributed by atoms with Crippen LogP contribution in [-0.4, -0.2) is 11.4 Å². The third kappa shape index (κ3) is 2.56. The maximum Gasteiger partial charge on any atom is 0.0768 e. The minimum atomic E-state index is -0.534. The van der Waals surface area contributed by atoms with E-state index in [4.69, 9.17) is 11.6 Å². The largest absolute Gasteiger partial charge is 0.389 e. The van der Waals surface area contributed by atoms with Crippen LogP contribution in [0.4, 0.5) is 0 Å². The minimum absolute atomic E-state index is 0.534. The first-order chi connectivity index (χ1) is 8.65. The van der Waals surface area contributed by atoms with Gasteiger partial charge in [-0.05, 0) is 30.4 Å². The highest BCUT2D eigenvalue weighted by atomic mass is 35.5. The minimum Gasteiger partial charge on any atom is -0.389 e. The Morgan fingerprint density at radius 3 is 2.33 bits per heavy atom. The first kappa shape index (κ1) is 13.5. The maximum absolute atomic E-state index is 9.89. The zero-order chi connectivity index (χ0) is 13.1. The predicted octanol–water partition coefficient (Wildman–Crippen LogP) is 4.78. The average molecular weight is 279 g/mol. The number of rotatable bonds is 3. The van der Waals surface area contributed by atoms with Gasteiger partial charge in [0, 0.05) is 10.5 Å². The summed E-state index contributed by atoms with van der Waals surface area (Å²) < 4.78 is 0. The summed E-state index contributed by atoms with van der Waals surface area (Å²) in [7, 11) is 0. The normalized spacial score (nSPS) is 12.4. The van der Waals surface area contributed by atoms with Gasteiger partial charge in [0.2, 0.25) is 0 Å². The van der Waals surface area contributed by atoms with E-state index in [9.17, 15) is 5.11 Å². The van der Waals surface area contributed by atoms with Crippen LogP contribution in [0.3, 0.4) is 0 Å². The molecule has 0 aromatic heterocycles. The molecule has 0 heterocycles. The summed E-state index contributed by atoms with van der Waals surface area (Å²) in [6.07, 6.45) is 1.46. The lowest BCUT2D eigenvalue weighted by atomic mass is 9.97. The van der Waals surface area contributed by atoms with Gasteiger partial charge in [0.25, 0.3) is 0 Å². The Morgan fingerprint density at radius 2 is 1.78 bits per heavy atom. The number of hydrogen-bond acceptors (Lipinski definition) is 2. The molecule has 0 amide bonds. The third-order valence-electron chi connectivity index (χ3n) is 2.87. The second-order valence-corrected chi connectivity index (χ2v) is 5.31. The van der Waals surface area contributed by atoms with Crippen molar-refractivity contribution in [1.29, 1.82) is 0 Å². The summed E-state index contributed by atoms with van der Waals surface area (Å²) in [6.45, 7) is 1.76. The zero-order valence-electron chi connectivity index (χ0n) is 10.4. The van der Waals surface area contributed by atoms with Gasteiger partial charge in [0.1, 0.15) is 0 Å². The summed E-state index contributed by atoms with van der Waals surface area (Å²) in [5.41, 5.74) is 2.83. The number of aliphatic hydroxyl groups is 1. The molecule has 0 bridgehead atoms. The van der Waals surface area contributed by atoms with Gasteiger partial charge in [0.15, 0.2) is 0 Å². The van der Waals surface area contributed by atoms with Gasteiger partial charge < -0.3 is 5.11 Å². The zero-order valence-corrected chi connectivity index (χ0v) is 11.9. The number of benzene rings is 2. The first-order valence-corrected chi connectivity index (χ1v) is 7.35.